The number of ether oxygens (including phenoxy) is 1. The number of aliphatic hydroxyl groups excluding tert-OH is 1. The number of nitrogens with zero attached hydrogens (tertiary/aromatic N) is 5. The molecule has 2 aromatic heterocycles. The van der Waals surface area contributed by atoms with Crippen molar-refractivity contribution in [3.63, 3.8) is 0 Å². The second kappa shape index (κ2) is 9.55. The summed E-state index contributed by atoms with van der Waals surface area (Å²) < 4.78 is 7.84. The number of hydrogen-bond acceptors (Lipinski definition) is 7. The van der Waals surface area contributed by atoms with E-state index in [4.69, 9.17) is 4.74 Å². The van der Waals surface area contributed by atoms with E-state index in [0.29, 0.717) is 13.0 Å². The van der Waals surface area contributed by atoms with Crippen molar-refractivity contribution < 1.29 is 14.6 Å². The molecule has 0 bridgehead atoms. The van der Waals surface area contributed by atoms with Gasteiger partial charge in [0, 0.05) is 24.5 Å². The molecule has 4 rings (SSSR count). The molecule has 1 saturated heterocycles. The summed E-state index contributed by atoms with van der Waals surface area (Å²) in [5.41, 5.74) is 2.11. The molecule has 30 heavy (non-hydrogen) atoms. The molecule has 1 aliphatic rings. The van der Waals surface area contributed by atoms with Crippen LogP contribution >= 0.6 is 0 Å². The zero-order valence-electron chi connectivity index (χ0n) is 16.5. The molecular formula is C21H24N6O3. The van der Waals surface area contributed by atoms with Crippen molar-refractivity contribution in [1.29, 1.82) is 0 Å². The molecule has 0 saturated carbocycles. The fourth-order valence-corrected chi connectivity index (χ4v) is 3.59. The predicted octanol–water partition coefficient (Wildman–Crippen LogP) is 1.46. The maximum absolute atomic E-state index is 12.3. The number of rotatable bonds is 7. The van der Waals surface area contributed by atoms with Crippen LogP contribution in [0.4, 0.5) is 0 Å². The molecule has 0 unspecified atom stereocenters. The van der Waals surface area contributed by atoms with Gasteiger partial charge in [0.15, 0.2) is 0 Å². The lowest BCUT2D eigenvalue weighted by atomic mass is 9.97. The third kappa shape index (κ3) is 4.87. The van der Waals surface area contributed by atoms with Crippen molar-refractivity contribution in [2.24, 2.45) is 0 Å². The van der Waals surface area contributed by atoms with E-state index in [1.54, 1.807) is 0 Å². The van der Waals surface area contributed by atoms with E-state index in [-0.39, 0.29) is 30.4 Å². The number of carbonyl (C=O) groups excluding carboxylic acids is 1. The molecule has 3 atom stereocenters. The van der Waals surface area contributed by atoms with Crippen LogP contribution in [-0.2, 0) is 11.3 Å². The first-order valence-corrected chi connectivity index (χ1v) is 10.0. The number of benzene rings is 1. The van der Waals surface area contributed by atoms with Gasteiger partial charge in [-0.1, -0.05) is 35.5 Å². The van der Waals surface area contributed by atoms with Gasteiger partial charge in [0.25, 0.3) is 5.91 Å². The van der Waals surface area contributed by atoms with Crippen LogP contribution < -0.4 is 5.32 Å². The van der Waals surface area contributed by atoms with Gasteiger partial charge in [-0.05, 0) is 19.3 Å². The summed E-state index contributed by atoms with van der Waals surface area (Å²) in [6.07, 6.45) is 8.09. The number of hydrogen-bond donors (Lipinski definition) is 2. The first-order valence-electron chi connectivity index (χ1n) is 10.0. The van der Waals surface area contributed by atoms with E-state index in [0.717, 1.165) is 24.1 Å². The lowest BCUT2D eigenvalue weighted by Crippen LogP contribution is -2.51. The third-order valence-electron chi connectivity index (χ3n) is 5.20. The molecule has 3 aromatic rings. The Bertz CT molecular complexity index is 950. The van der Waals surface area contributed by atoms with Gasteiger partial charge >= 0.3 is 0 Å². The van der Waals surface area contributed by atoms with Crippen LogP contribution in [-0.4, -0.2) is 60.8 Å². The fourth-order valence-electron chi connectivity index (χ4n) is 3.59. The second-order valence-corrected chi connectivity index (χ2v) is 7.25. The van der Waals surface area contributed by atoms with Crippen LogP contribution in [0, 0.1) is 0 Å². The summed E-state index contributed by atoms with van der Waals surface area (Å²) in [4.78, 5) is 20.2. The van der Waals surface area contributed by atoms with E-state index >= 15 is 0 Å². The van der Waals surface area contributed by atoms with Gasteiger partial charge in [-0.2, -0.15) is 0 Å². The Labute approximate surface area is 174 Å². The lowest BCUT2D eigenvalue weighted by molar-refractivity contribution is -0.0912. The van der Waals surface area contributed by atoms with E-state index < -0.39 is 6.10 Å². The molecule has 9 nitrogen and oxygen atoms in total. The summed E-state index contributed by atoms with van der Waals surface area (Å²) in [7, 11) is 0. The van der Waals surface area contributed by atoms with Gasteiger partial charge in [-0.3, -0.25) is 14.5 Å². The number of nitrogens with one attached hydrogen (secondary N) is 1. The SMILES string of the molecule is O=C(N[C@@H]1CC[C@@H](CCn2cc(-c3ccccc3)nn2)O[C@H]1CO)c1cnccn1. The van der Waals surface area contributed by atoms with Crippen molar-refractivity contribution in [2.75, 3.05) is 6.61 Å². The first kappa shape index (κ1) is 20.1. The topological polar surface area (TPSA) is 115 Å². The highest BCUT2D eigenvalue weighted by molar-refractivity contribution is 5.92. The average Bonchev–Trinajstić information content (AvgIpc) is 3.28. The maximum atomic E-state index is 12.3. The monoisotopic (exact) mass is 408 g/mol. The molecule has 1 fully saturated rings. The van der Waals surface area contributed by atoms with Crippen LogP contribution in [0.2, 0.25) is 0 Å². The van der Waals surface area contributed by atoms with E-state index in [1.807, 2.05) is 41.2 Å². The Morgan fingerprint density at radius 1 is 1.23 bits per heavy atom. The number of amides is 1. The summed E-state index contributed by atoms with van der Waals surface area (Å²) in [5, 5.41) is 21.1. The number of aryl methyl sites for hydroxylation is 1. The smallest absolute Gasteiger partial charge is 0.271 e. The van der Waals surface area contributed by atoms with E-state index in [2.05, 4.69) is 25.6 Å². The minimum absolute atomic E-state index is 0.0174. The molecule has 3 heterocycles. The Balaban J connectivity index is 1.29. The third-order valence-corrected chi connectivity index (χ3v) is 5.20. The van der Waals surface area contributed by atoms with Gasteiger partial charge in [-0.25, -0.2) is 4.98 Å². The fraction of sp³-hybridized carbons (Fsp3) is 0.381. The Hall–Kier alpha value is -3.17. The minimum atomic E-state index is -0.458. The van der Waals surface area contributed by atoms with Crippen molar-refractivity contribution in [2.45, 2.75) is 44.1 Å². The van der Waals surface area contributed by atoms with Crippen LogP contribution in [0.15, 0.2) is 55.1 Å². The Morgan fingerprint density at radius 2 is 2.10 bits per heavy atom. The van der Waals surface area contributed by atoms with Crippen molar-refractivity contribution in [3.05, 3.63) is 60.8 Å². The van der Waals surface area contributed by atoms with Gasteiger partial charge in [0.2, 0.25) is 0 Å². The van der Waals surface area contributed by atoms with Gasteiger partial charge in [-0.15, -0.1) is 5.10 Å². The van der Waals surface area contributed by atoms with E-state index in [9.17, 15) is 9.90 Å². The summed E-state index contributed by atoms with van der Waals surface area (Å²) in [5.74, 6) is -0.315. The summed E-state index contributed by atoms with van der Waals surface area (Å²) in [6, 6.07) is 9.64. The predicted molar refractivity (Wildman–Crippen MR) is 108 cm³/mol. The lowest BCUT2D eigenvalue weighted by Gasteiger charge is -2.36. The Kier molecular flexibility index (Phi) is 6.41. The summed E-state index contributed by atoms with van der Waals surface area (Å²) >= 11 is 0. The van der Waals surface area contributed by atoms with Gasteiger partial charge in [0.05, 0.1) is 31.1 Å². The van der Waals surface area contributed by atoms with Crippen LogP contribution in [0.1, 0.15) is 29.8 Å². The minimum Gasteiger partial charge on any atom is -0.394 e. The molecule has 1 aromatic carbocycles. The standard InChI is InChI=1S/C21H24N6O3/c28-14-20-17(24-21(29)18-12-22-9-10-23-18)7-6-16(30-20)8-11-27-13-19(25-26-27)15-4-2-1-3-5-15/h1-5,9-10,12-13,16-17,20,28H,6-8,11,14H2,(H,24,29)/t16-,17+,20-/m0/s1. The van der Waals surface area contributed by atoms with Crippen molar-refractivity contribution in [1.82, 2.24) is 30.3 Å². The number of aliphatic hydroxyl groups is 1. The van der Waals surface area contributed by atoms with Crippen LogP contribution in [0.5, 0.6) is 0 Å². The zero-order valence-corrected chi connectivity index (χ0v) is 16.5. The highest BCUT2D eigenvalue weighted by Crippen LogP contribution is 2.23. The maximum Gasteiger partial charge on any atom is 0.271 e. The highest BCUT2D eigenvalue weighted by Gasteiger charge is 2.32. The van der Waals surface area contributed by atoms with Gasteiger partial charge in [0.1, 0.15) is 17.5 Å². The van der Waals surface area contributed by atoms with Crippen molar-refractivity contribution in [3.8, 4) is 11.3 Å². The molecule has 2 N–H and O–H groups in total. The average molecular weight is 408 g/mol. The quantitative estimate of drug-likeness (QED) is 0.608. The highest BCUT2D eigenvalue weighted by atomic mass is 16.5. The molecule has 1 amide bonds. The van der Waals surface area contributed by atoms with Gasteiger partial charge < -0.3 is 15.2 Å². The second-order valence-electron chi connectivity index (χ2n) is 7.25. The molecule has 0 spiro atoms. The molecule has 156 valence electrons. The number of carbonyl (C=O) groups is 1. The molecular weight excluding hydrogens is 384 g/mol. The number of aromatic nitrogens is 5. The summed E-state index contributed by atoms with van der Waals surface area (Å²) in [6.45, 7) is 0.503. The normalized spacial score (nSPS) is 21.3. The van der Waals surface area contributed by atoms with Crippen molar-refractivity contribution >= 4 is 5.91 Å². The van der Waals surface area contributed by atoms with Crippen LogP contribution in [0.25, 0.3) is 11.3 Å². The first-order chi connectivity index (χ1) is 14.7. The van der Waals surface area contributed by atoms with Crippen LogP contribution in [0.3, 0.4) is 0 Å². The van der Waals surface area contributed by atoms with E-state index in [1.165, 1.54) is 18.6 Å². The largest absolute Gasteiger partial charge is 0.394 e. The molecule has 9 heteroatoms. The zero-order chi connectivity index (χ0) is 20.8. The molecule has 1 aliphatic heterocycles. The molecule has 0 radical (unpaired) electrons. The molecule has 0 aliphatic carbocycles. The Morgan fingerprint density at radius 3 is 2.87 bits per heavy atom.